The number of hydrogen-bond acceptors (Lipinski definition) is 4. The molecule has 1 aliphatic heterocycles. The number of benzene rings is 1. The number of thioether (sulfide) groups is 1. The minimum absolute atomic E-state index is 0.108. The number of ether oxygens (including phenoxy) is 1. The van der Waals surface area contributed by atoms with Gasteiger partial charge in [0.05, 0.1) is 7.11 Å². The van der Waals surface area contributed by atoms with Crippen molar-refractivity contribution in [1.82, 2.24) is 0 Å². The van der Waals surface area contributed by atoms with Crippen LogP contribution in [0.3, 0.4) is 0 Å². The molecule has 20 heavy (non-hydrogen) atoms. The number of anilines is 1. The van der Waals surface area contributed by atoms with Crippen LogP contribution in [0, 0.1) is 12.8 Å². The number of aryl methyl sites for hydroxylation is 1. The van der Waals surface area contributed by atoms with Crippen LogP contribution in [0.2, 0.25) is 0 Å². The highest BCUT2D eigenvalue weighted by Crippen LogP contribution is 2.30. The molecule has 1 aliphatic rings. The molecule has 5 heteroatoms. The lowest BCUT2D eigenvalue weighted by atomic mass is 10.1. The van der Waals surface area contributed by atoms with Gasteiger partial charge in [-0.1, -0.05) is 11.8 Å². The molecule has 0 spiro atoms. The Morgan fingerprint density at radius 3 is 2.85 bits per heavy atom. The van der Waals surface area contributed by atoms with E-state index >= 15 is 0 Å². The van der Waals surface area contributed by atoms with E-state index in [1.54, 1.807) is 18.9 Å². The predicted octanol–water partition coefficient (Wildman–Crippen LogP) is 2.64. The number of amides is 1. The lowest BCUT2D eigenvalue weighted by Crippen LogP contribution is -2.24. The molecule has 1 saturated heterocycles. The lowest BCUT2D eigenvalue weighted by molar-refractivity contribution is -0.117. The van der Waals surface area contributed by atoms with E-state index in [2.05, 4.69) is 0 Å². The van der Waals surface area contributed by atoms with Crippen molar-refractivity contribution in [2.45, 2.75) is 20.3 Å². The molecular formula is C15H19NO3S. The van der Waals surface area contributed by atoms with Crippen LogP contribution in [-0.4, -0.2) is 30.4 Å². The van der Waals surface area contributed by atoms with Gasteiger partial charge in [-0.3, -0.25) is 9.59 Å². The first-order valence-electron chi connectivity index (χ1n) is 6.59. The van der Waals surface area contributed by atoms with Crippen LogP contribution in [-0.2, 0) is 9.59 Å². The first-order chi connectivity index (χ1) is 9.51. The quantitative estimate of drug-likeness (QED) is 0.856. The van der Waals surface area contributed by atoms with Gasteiger partial charge >= 0.3 is 0 Å². The number of rotatable bonds is 4. The second-order valence-corrected chi connectivity index (χ2v) is 6.23. The summed E-state index contributed by atoms with van der Waals surface area (Å²) in [5.41, 5.74) is 1.92. The van der Waals surface area contributed by atoms with Crippen molar-refractivity contribution in [2.24, 2.45) is 5.92 Å². The SMILES string of the molecule is COc1ccc(N2CC(CSC(C)=O)CC2=O)cc1C. The molecule has 1 atom stereocenters. The molecule has 0 N–H and O–H groups in total. The summed E-state index contributed by atoms with van der Waals surface area (Å²) in [6.07, 6.45) is 0.519. The third kappa shape index (κ3) is 3.33. The highest BCUT2D eigenvalue weighted by atomic mass is 32.2. The minimum atomic E-state index is 0.108. The summed E-state index contributed by atoms with van der Waals surface area (Å²) < 4.78 is 5.23. The summed E-state index contributed by atoms with van der Waals surface area (Å²) in [6, 6.07) is 5.76. The zero-order valence-corrected chi connectivity index (χ0v) is 12.8. The van der Waals surface area contributed by atoms with E-state index in [0.717, 1.165) is 17.0 Å². The van der Waals surface area contributed by atoms with E-state index in [1.807, 2.05) is 25.1 Å². The van der Waals surface area contributed by atoms with E-state index in [0.29, 0.717) is 18.7 Å². The van der Waals surface area contributed by atoms with Crippen LogP contribution in [0.15, 0.2) is 18.2 Å². The molecule has 0 bridgehead atoms. The largest absolute Gasteiger partial charge is 0.496 e. The Labute approximate surface area is 123 Å². The highest BCUT2D eigenvalue weighted by molar-refractivity contribution is 8.13. The summed E-state index contributed by atoms with van der Waals surface area (Å²) in [7, 11) is 1.64. The molecular weight excluding hydrogens is 274 g/mol. The predicted molar refractivity (Wildman–Crippen MR) is 81.3 cm³/mol. The van der Waals surface area contributed by atoms with Crippen molar-refractivity contribution < 1.29 is 14.3 Å². The summed E-state index contributed by atoms with van der Waals surface area (Å²) in [6.45, 7) is 4.21. The fourth-order valence-electron chi connectivity index (χ4n) is 2.41. The summed E-state index contributed by atoms with van der Waals surface area (Å²) >= 11 is 1.30. The lowest BCUT2D eigenvalue weighted by Gasteiger charge is -2.18. The molecule has 0 aliphatic carbocycles. The maximum atomic E-state index is 12.1. The van der Waals surface area contributed by atoms with E-state index in [4.69, 9.17) is 4.74 Å². The topological polar surface area (TPSA) is 46.6 Å². The average Bonchev–Trinajstić information content (AvgIpc) is 2.77. The zero-order chi connectivity index (χ0) is 14.7. The van der Waals surface area contributed by atoms with Crippen molar-refractivity contribution in [3.63, 3.8) is 0 Å². The third-order valence-corrected chi connectivity index (χ3v) is 4.46. The van der Waals surface area contributed by atoms with Gasteiger partial charge in [-0.05, 0) is 36.6 Å². The Morgan fingerprint density at radius 2 is 2.25 bits per heavy atom. The Kier molecular flexibility index (Phi) is 4.70. The second kappa shape index (κ2) is 6.31. The summed E-state index contributed by atoms with van der Waals surface area (Å²) in [4.78, 5) is 24.9. The van der Waals surface area contributed by atoms with Gasteiger partial charge in [-0.25, -0.2) is 0 Å². The van der Waals surface area contributed by atoms with E-state index < -0.39 is 0 Å². The van der Waals surface area contributed by atoms with Crippen LogP contribution in [0.1, 0.15) is 18.9 Å². The Bertz CT molecular complexity index is 530. The first-order valence-corrected chi connectivity index (χ1v) is 7.58. The van der Waals surface area contributed by atoms with Gasteiger partial charge in [0.2, 0.25) is 5.91 Å². The third-order valence-electron chi connectivity index (χ3n) is 3.42. The molecule has 1 heterocycles. The second-order valence-electron chi connectivity index (χ2n) is 5.03. The summed E-state index contributed by atoms with van der Waals surface area (Å²) in [5, 5.41) is 0.108. The smallest absolute Gasteiger partial charge is 0.227 e. The normalized spacial score (nSPS) is 18.4. The fourth-order valence-corrected chi connectivity index (χ4v) is 3.10. The number of carbonyl (C=O) groups is 2. The van der Waals surface area contributed by atoms with E-state index in [9.17, 15) is 9.59 Å². The molecule has 1 fully saturated rings. The molecule has 1 aromatic carbocycles. The van der Waals surface area contributed by atoms with E-state index in [1.165, 1.54) is 11.8 Å². The standard InChI is InChI=1S/C15H19NO3S/c1-10-6-13(4-5-14(10)19-3)16-8-12(7-15(16)18)9-20-11(2)17/h4-6,12H,7-9H2,1-3H3. The molecule has 0 aromatic heterocycles. The van der Waals surface area contributed by atoms with Gasteiger partial charge in [0.15, 0.2) is 5.12 Å². The van der Waals surface area contributed by atoms with Gasteiger partial charge in [-0.2, -0.15) is 0 Å². The zero-order valence-electron chi connectivity index (χ0n) is 12.0. The number of methoxy groups -OCH3 is 1. The van der Waals surface area contributed by atoms with Crippen molar-refractivity contribution in [3.8, 4) is 5.75 Å². The number of hydrogen-bond donors (Lipinski definition) is 0. The monoisotopic (exact) mass is 293 g/mol. The van der Waals surface area contributed by atoms with Crippen molar-refractivity contribution in [3.05, 3.63) is 23.8 Å². The molecule has 0 saturated carbocycles. The van der Waals surface area contributed by atoms with Crippen LogP contribution < -0.4 is 9.64 Å². The van der Waals surface area contributed by atoms with Crippen LogP contribution in [0.5, 0.6) is 5.75 Å². The number of carbonyl (C=O) groups excluding carboxylic acids is 2. The number of nitrogens with zero attached hydrogens (tertiary/aromatic N) is 1. The van der Waals surface area contributed by atoms with Gasteiger partial charge in [0.25, 0.3) is 0 Å². The molecule has 1 aromatic rings. The van der Waals surface area contributed by atoms with Crippen LogP contribution in [0.4, 0.5) is 5.69 Å². The first kappa shape index (κ1) is 14.9. The van der Waals surface area contributed by atoms with Crippen molar-refractivity contribution in [1.29, 1.82) is 0 Å². The molecule has 1 amide bonds. The van der Waals surface area contributed by atoms with Crippen molar-refractivity contribution >= 4 is 28.5 Å². The van der Waals surface area contributed by atoms with Crippen LogP contribution >= 0.6 is 11.8 Å². The van der Waals surface area contributed by atoms with Gasteiger partial charge in [-0.15, -0.1) is 0 Å². The summed E-state index contributed by atoms with van der Waals surface area (Å²) in [5.74, 6) is 1.92. The Balaban J connectivity index is 2.07. The average molecular weight is 293 g/mol. The van der Waals surface area contributed by atoms with Gasteiger partial charge in [0, 0.05) is 31.3 Å². The Morgan fingerprint density at radius 1 is 1.50 bits per heavy atom. The molecule has 1 unspecified atom stereocenters. The van der Waals surface area contributed by atoms with Crippen LogP contribution in [0.25, 0.3) is 0 Å². The maximum absolute atomic E-state index is 12.1. The Hall–Kier alpha value is -1.49. The maximum Gasteiger partial charge on any atom is 0.227 e. The highest BCUT2D eigenvalue weighted by Gasteiger charge is 2.30. The van der Waals surface area contributed by atoms with Gasteiger partial charge < -0.3 is 9.64 Å². The van der Waals surface area contributed by atoms with Gasteiger partial charge in [0.1, 0.15) is 5.75 Å². The van der Waals surface area contributed by atoms with E-state index in [-0.39, 0.29) is 16.9 Å². The molecule has 4 nitrogen and oxygen atoms in total. The van der Waals surface area contributed by atoms with Crippen molar-refractivity contribution in [2.75, 3.05) is 24.3 Å². The molecule has 0 radical (unpaired) electrons. The molecule has 108 valence electrons. The fraction of sp³-hybridized carbons (Fsp3) is 0.467. The molecule has 2 rings (SSSR count). The minimum Gasteiger partial charge on any atom is -0.496 e.